The molecule has 10 nitrogen and oxygen atoms in total. The van der Waals surface area contributed by atoms with Crippen molar-refractivity contribution in [1.29, 1.82) is 0 Å². The summed E-state index contributed by atoms with van der Waals surface area (Å²) in [5.74, 6) is -0.947. The van der Waals surface area contributed by atoms with Gasteiger partial charge in [0.05, 0.1) is 19.8 Å². The Kier molecular flexibility index (Phi) is 39.5. The van der Waals surface area contributed by atoms with Crippen molar-refractivity contribution in [2.24, 2.45) is 0 Å². The van der Waals surface area contributed by atoms with Crippen LogP contribution >= 0.6 is 7.82 Å². The lowest BCUT2D eigenvalue weighted by Gasteiger charge is -2.20. The lowest BCUT2D eigenvalue weighted by atomic mass is 10.1. The van der Waals surface area contributed by atoms with Gasteiger partial charge in [-0.25, -0.2) is 4.57 Å². The average molecular weight is 803 g/mol. The van der Waals surface area contributed by atoms with Gasteiger partial charge in [0, 0.05) is 12.8 Å². The molecule has 0 saturated carbocycles. The Balaban J connectivity index is 4.28. The van der Waals surface area contributed by atoms with Gasteiger partial charge in [-0.15, -0.1) is 0 Å². The average Bonchev–Trinajstić information content (AvgIpc) is 3.17. The summed E-state index contributed by atoms with van der Waals surface area (Å²) in [7, 11) is -4.62. The van der Waals surface area contributed by atoms with Gasteiger partial charge in [-0.1, -0.05) is 154 Å². The van der Waals surface area contributed by atoms with E-state index >= 15 is 0 Å². The predicted molar refractivity (Wildman–Crippen MR) is 224 cm³/mol. The molecule has 3 atom stereocenters. The van der Waals surface area contributed by atoms with Crippen LogP contribution in [0.5, 0.6) is 0 Å². The van der Waals surface area contributed by atoms with Gasteiger partial charge in [0.15, 0.2) is 6.10 Å². The molecule has 0 saturated heterocycles. The van der Waals surface area contributed by atoms with E-state index in [-0.39, 0.29) is 19.4 Å². The molecule has 0 aromatic carbocycles. The first-order chi connectivity index (χ1) is 26.7. The van der Waals surface area contributed by atoms with Crippen LogP contribution in [-0.4, -0.2) is 65.7 Å². The second kappa shape index (κ2) is 40.6. The zero-order chi connectivity index (χ0) is 40.5. The van der Waals surface area contributed by atoms with Crippen molar-refractivity contribution in [3.8, 4) is 0 Å². The lowest BCUT2D eigenvalue weighted by molar-refractivity contribution is -0.161. The van der Waals surface area contributed by atoms with Crippen molar-refractivity contribution in [2.75, 3.05) is 26.4 Å². The Hall–Kier alpha value is -1.55. The first-order valence-corrected chi connectivity index (χ1v) is 23.8. The van der Waals surface area contributed by atoms with E-state index in [0.29, 0.717) is 12.8 Å². The van der Waals surface area contributed by atoms with Gasteiger partial charge in [0.25, 0.3) is 0 Å². The highest BCUT2D eigenvalue weighted by molar-refractivity contribution is 7.47. The smallest absolute Gasteiger partial charge is 0.462 e. The SMILES string of the molecule is CCCCCC/C=C/CCCCCCCCCCCC(=O)OC[C@H](COP(=O)(O)OC[C@@H](O)CO)OC(=O)CCCC/C=C/CCCCCCCCCCC. The number of allylic oxidation sites excluding steroid dienone is 4. The van der Waals surface area contributed by atoms with E-state index in [1.54, 1.807) is 0 Å². The monoisotopic (exact) mass is 803 g/mol. The van der Waals surface area contributed by atoms with Crippen molar-refractivity contribution >= 4 is 19.8 Å². The fourth-order valence-electron chi connectivity index (χ4n) is 6.10. The summed E-state index contributed by atoms with van der Waals surface area (Å²) in [6, 6.07) is 0. The van der Waals surface area contributed by atoms with E-state index in [9.17, 15) is 24.2 Å². The van der Waals surface area contributed by atoms with Gasteiger partial charge in [-0.3, -0.25) is 18.6 Å². The summed E-state index contributed by atoms with van der Waals surface area (Å²) in [6.45, 7) is 2.36. The quantitative estimate of drug-likeness (QED) is 0.0236. The molecule has 0 fully saturated rings. The van der Waals surface area contributed by atoms with Crippen molar-refractivity contribution in [2.45, 2.75) is 219 Å². The molecule has 0 aromatic heterocycles. The number of carbonyl (C=O) groups excluding carboxylic acids is 2. The standard InChI is InChI=1S/C44H83O10P/c1-3-5-7-9-11-13-15-17-19-20-22-23-25-27-29-31-33-35-43(47)51-39-42(40-53-55(49,50)52-38-41(46)37-45)54-44(48)36-34-32-30-28-26-24-21-18-16-14-12-10-8-6-4-2/h13,15,26,28,41-42,45-46H,3-12,14,16-25,27,29-40H2,1-2H3,(H,49,50)/b15-13+,28-26+/t41-,42+/m0/s1. The number of phosphoric acid groups is 1. The number of esters is 2. The van der Waals surface area contributed by atoms with E-state index in [2.05, 4.69) is 42.7 Å². The molecule has 0 heterocycles. The van der Waals surface area contributed by atoms with Crippen LogP contribution in [0.25, 0.3) is 0 Å². The van der Waals surface area contributed by atoms with E-state index < -0.39 is 51.8 Å². The summed E-state index contributed by atoms with van der Waals surface area (Å²) in [6.07, 6.45) is 40.0. The Morgan fingerprint density at radius 2 is 0.891 bits per heavy atom. The Labute approximate surface area is 336 Å². The summed E-state index contributed by atoms with van der Waals surface area (Å²) in [5, 5.41) is 18.3. The Morgan fingerprint density at radius 1 is 0.527 bits per heavy atom. The van der Waals surface area contributed by atoms with Crippen LogP contribution in [0.4, 0.5) is 0 Å². The van der Waals surface area contributed by atoms with E-state index in [0.717, 1.165) is 38.5 Å². The minimum Gasteiger partial charge on any atom is -0.462 e. The summed E-state index contributed by atoms with van der Waals surface area (Å²) in [4.78, 5) is 35.0. The highest BCUT2D eigenvalue weighted by Crippen LogP contribution is 2.43. The highest BCUT2D eigenvalue weighted by Gasteiger charge is 2.27. The largest absolute Gasteiger partial charge is 0.472 e. The topological polar surface area (TPSA) is 149 Å². The molecule has 324 valence electrons. The molecular formula is C44H83O10P. The van der Waals surface area contributed by atoms with Crippen LogP contribution in [0.2, 0.25) is 0 Å². The molecule has 0 aliphatic carbocycles. The van der Waals surface area contributed by atoms with Crippen LogP contribution in [0.3, 0.4) is 0 Å². The summed E-state index contributed by atoms with van der Waals surface area (Å²) < 4.78 is 32.7. The fraction of sp³-hybridized carbons (Fsp3) is 0.864. The summed E-state index contributed by atoms with van der Waals surface area (Å²) >= 11 is 0. The number of ether oxygens (including phenoxy) is 2. The number of aliphatic hydroxyl groups is 2. The van der Waals surface area contributed by atoms with Crippen molar-refractivity contribution in [3.05, 3.63) is 24.3 Å². The minimum absolute atomic E-state index is 0.156. The zero-order valence-corrected chi connectivity index (χ0v) is 36.0. The number of unbranched alkanes of at least 4 members (excludes halogenated alkanes) is 24. The van der Waals surface area contributed by atoms with Crippen LogP contribution in [0, 0.1) is 0 Å². The lowest BCUT2D eigenvalue weighted by Crippen LogP contribution is -2.29. The third-order valence-electron chi connectivity index (χ3n) is 9.58. The van der Waals surface area contributed by atoms with Crippen LogP contribution < -0.4 is 0 Å². The van der Waals surface area contributed by atoms with Gasteiger partial charge < -0.3 is 24.6 Å². The molecule has 0 radical (unpaired) electrons. The normalized spacial score (nSPS) is 14.1. The maximum atomic E-state index is 12.6. The van der Waals surface area contributed by atoms with Crippen LogP contribution in [-0.2, 0) is 32.7 Å². The molecule has 0 rings (SSSR count). The minimum atomic E-state index is -4.62. The van der Waals surface area contributed by atoms with Gasteiger partial charge in [-0.2, -0.15) is 0 Å². The molecule has 11 heteroatoms. The molecule has 0 amide bonds. The highest BCUT2D eigenvalue weighted by atomic mass is 31.2. The number of phosphoric ester groups is 1. The zero-order valence-electron chi connectivity index (χ0n) is 35.2. The van der Waals surface area contributed by atoms with E-state index in [1.165, 1.54) is 128 Å². The third-order valence-corrected chi connectivity index (χ3v) is 10.5. The van der Waals surface area contributed by atoms with Crippen LogP contribution in [0.15, 0.2) is 24.3 Å². The van der Waals surface area contributed by atoms with E-state index in [1.807, 2.05) is 0 Å². The molecular weight excluding hydrogens is 719 g/mol. The van der Waals surface area contributed by atoms with Gasteiger partial charge in [0.2, 0.25) is 0 Å². The van der Waals surface area contributed by atoms with Crippen molar-refractivity contribution < 1.29 is 47.8 Å². The van der Waals surface area contributed by atoms with Gasteiger partial charge in [0.1, 0.15) is 12.7 Å². The van der Waals surface area contributed by atoms with Crippen LogP contribution in [0.1, 0.15) is 206 Å². The molecule has 0 aromatic rings. The second-order valence-electron chi connectivity index (χ2n) is 15.1. The van der Waals surface area contributed by atoms with Crippen molar-refractivity contribution in [3.63, 3.8) is 0 Å². The maximum absolute atomic E-state index is 12.6. The van der Waals surface area contributed by atoms with Gasteiger partial charge >= 0.3 is 19.8 Å². The number of hydrogen-bond donors (Lipinski definition) is 3. The molecule has 1 unspecified atom stereocenters. The molecule has 55 heavy (non-hydrogen) atoms. The number of aliphatic hydroxyl groups excluding tert-OH is 2. The first kappa shape index (κ1) is 53.5. The second-order valence-corrected chi connectivity index (χ2v) is 16.5. The third kappa shape index (κ3) is 40.4. The molecule has 0 spiro atoms. The fourth-order valence-corrected chi connectivity index (χ4v) is 6.89. The molecule has 0 aliphatic heterocycles. The van der Waals surface area contributed by atoms with Gasteiger partial charge in [-0.05, 0) is 64.2 Å². The molecule has 0 aliphatic rings. The predicted octanol–water partition coefficient (Wildman–Crippen LogP) is 11.8. The van der Waals surface area contributed by atoms with Crippen molar-refractivity contribution in [1.82, 2.24) is 0 Å². The first-order valence-electron chi connectivity index (χ1n) is 22.3. The number of rotatable bonds is 42. The Morgan fingerprint density at radius 3 is 1.36 bits per heavy atom. The number of carbonyl (C=O) groups is 2. The number of hydrogen-bond acceptors (Lipinski definition) is 9. The Bertz CT molecular complexity index is 972. The van der Waals surface area contributed by atoms with E-state index in [4.69, 9.17) is 19.1 Å². The summed E-state index contributed by atoms with van der Waals surface area (Å²) in [5.41, 5.74) is 0. The molecule has 3 N–H and O–H groups in total. The molecule has 0 bridgehead atoms. The maximum Gasteiger partial charge on any atom is 0.472 e.